The Morgan fingerprint density at radius 1 is 1.50 bits per heavy atom. The standard InChI is InChI=1S/C11H15N3O3S/c1-6(2)8(7(3)15)9-10(14(16)17)13-4-5-18-11(13)12-9/h4-8,15H,1-3H3. The van der Waals surface area contributed by atoms with Crippen molar-refractivity contribution < 1.29 is 10.0 Å². The Kier molecular flexibility index (Phi) is 3.36. The topological polar surface area (TPSA) is 80.7 Å². The summed E-state index contributed by atoms with van der Waals surface area (Å²) in [7, 11) is 0. The zero-order valence-corrected chi connectivity index (χ0v) is 11.2. The van der Waals surface area contributed by atoms with Crippen molar-refractivity contribution in [3.05, 3.63) is 27.4 Å². The van der Waals surface area contributed by atoms with E-state index in [0.717, 1.165) is 0 Å². The van der Waals surface area contributed by atoms with Crippen molar-refractivity contribution >= 4 is 22.1 Å². The number of hydrogen-bond donors (Lipinski definition) is 1. The van der Waals surface area contributed by atoms with Crippen LogP contribution >= 0.6 is 11.3 Å². The summed E-state index contributed by atoms with van der Waals surface area (Å²) in [6.07, 6.45) is 0.960. The summed E-state index contributed by atoms with van der Waals surface area (Å²) in [5.74, 6) is -0.295. The molecule has 2 heterocycles. The number of aliphatic hydroxyl groups is 1. The van der Waals surface area contributed by atoms with E-state index < -0.39 is 11.0 Å². The molecule has 0 saturated carbocycles. The fourth-order valence-corrected chi connectivity index (χ4v) is 3.01. The van der Waals surface area contributed by atoms with Gasteiger partial charge in [-0.2, -0.15) is 9.38 Å². The zero-order chi connectivity index (χ0) is 13.4. The summed E-state index contributed by atoms with van der Waals surface area (Å²) < 4.78 is 1.47. The first-order valence-corrected chi connectivity index (χ1v) is 6.59. The molecular weight excluding hydrogens is 254 g/mol. The van der Waals surface area contributed by atoms with Crippen molar-refractivity contribution in [1.82, 2.24) is 9.38 Å². The van der Waals surface area contributed by atoms with Gasteiger partial charge >= 0.3 is 5.82 Å². The normalized spacial score (nSPS) is 15.2. The summed E-state index contributed by atoms with van der Waals surface area (Å²) in [6, 6.07) is 0. The zero-order valence-electron chi connectivity index (χ0n) is 10.4. The molecule has 0 aromatic carbocycles. The van der Waals surface area contributed by atoms with E-state index in [2.05, 4.69) is 4.98 Å². The van der Waals surface area contributed by atoms with Gasteiger partial charge < -0.3 is 15.2 Å². The molecule has 0 radical (unpaired) electrons. The van der Waals surface area contributed by atoms with Crippen molar-refractivity contribution in [1.29, 1.82) is 0 Å². The van der Waals surface area contributed by atoms with Crippen LogP contribution in [0, 0.1) is 16.0 Å². The van der Waals surface area contributed by atoms with Crippen LogP contribution in [0.5, 0.6) is 0 Å². The van der Waals surface area contributed by atoms with Gasteiger partial charge in [0.25, 0.3) is 4.96 Å². The Morgan fingerprint density at radius 3 is 2.67 bits per heavy atom. The molecule has 0 bridgehead atoms. The van der Waals surface area contributed by atoms with Crippen molar-refractivity contribution in [2.24, 2.45) is 5.92 Å². The molecular formula is C11H15N3O3S. The van der Waals surface area contributed by atoms with E-state index in [1.807, 2.05) is 13.8 Å². The smallest absolute Gasteiger partial charge is 0.352 e. The number of hydrogen-bond acceptors (Lipinski definition) is 5. The van der Waals surface area contributed by atoms with Crippen LogP contribution < -0.4 is 0 Å². The summed E-state index contributed by atoms with van der Waals surface area (Å²) in [5, 5.41) is 22.8. The van der Waals surface area contributed by atoms with Gasteiger partial charge in [0.15, 0.2) is 0 Å². The molecule has 0 aliphatic rings. The van der Waals surface area contributed by atoms with E-state index in [1.54, 1.807) is 18.5 Å². The molecule has 6 nitrogen and oxygen atoms in total. The third kappa shape index (κ3) is 1.99. The lowest BCUT2D eigenvalue weighted by Crippen LogP contribution is -2.21. The molecule has 2 unspecified atom stereocenters. The maximum atomic E-state index is 11.2. The van der Waals surface area contributed by atoms with Gasteiger partial charge in [0.2, 0.25) is 0 Å². The Hall–Kier alpha value is -1.47. The van der Waals surface area contributed by atoms with Crippen LogP contribution in [0.2, 0.25) is 0 Å². The molecule has 7 heteroatoms. The Labute approximate surface area is 108 Å². The minimum absolute atomic E-state index is 0.0362. The van der Waals surface area contributed by atoms with E-state index in [1.165, 1.54) is 15.7 Å². The average molecular weight is 269 g/mol. The van der Waals surface area contributed by atoms with Gasteiger partial charge in [-0.05, 0) is 17.8 Å². The second-order valence-corrected chi connectivity index (χ2v) is 5.52. The predicted molar refractivity (Wildman–Crippen MR) is 69.0 cm³/mol. The number of aromatic nitrogens is 2. The van der Waals surface area contributed by atoms with Crippen molar-refractivity contribution in [3.63, 3.8) is 0 Å². The summed E-state index contributed by atoms with van der Waals surface area (Å²) in [4.78, 5) is 15.7. The monoisotopic (exact) mass is 269 g/mol. The van der Waals surface area contributed by atoms with E-state index in [0.29, 0.717) is 10.7 Å². The molecule has 0 aliphatic carbocycles. The molecule has 0 saturated heterocycles. The quantitative estimate of drug-likeness (QED) is 0.682. The first-order chi connectivity index (χ1) is 8.43. The van der Waals surface area contributed by atoms with E-state index >= 15 is 0 Å². The third-order valence-corrected chi connectivity index (χ3v) is 3.75. The highest BCUT2D eigenvalue weighted by Gasteiger charge is 2.33. The fraction of sp³-hybridized carbons (Fsp3) is 0.545. The van der Waals surface area contributed by atoms with Crippen LogP contribution in [0.25, 0.3) is 4.96 Å². The van der Waals surface area contributed by atoms with Crippen LogP contribution in [0.15, 0.2) is 11.6 Å². The summed E-state index contributed by atoms with van der Waals surface area (Å²) in [5.41, 5.74) is 0.372. The molecule has 0 spiro atoms. The molecule has 18 heavy (non-hydrogen) atoms. The van der Waals surface area contributed by atoms with Crippen LogP contribution in [0.3, 0.4) is 0 Å². The Balaban J connectivity index is 2.65. The highest BCUT2D eigenvalue weighted by Crippen LogP contribution is 2.35. The number of rotatable bonds is 4. The number of fused-ring (bicyclic) bond motifs is 1. The first kappa shape index (κ1) is 13.0. The number of aliphatic hydroxyl groups excluding tert-OH is 1. The van der Waals surface area contributed by atoms with Crippen LogP contribution in [0.4, 0.5) is 5.82 Å². The highest BCUT2D eigenvalue weighted by molar-refractivity contribution is 7.15. The second kappa shape index (κ2) is 4.66. The number of nitrogens with zero attached hydrogens (tertiary/aromatic N) is 3. The van der Waals surface area contributed by atoms with Crippen LogP contribution in [-0.4, -0.2) is 25.5 Å². The second-order valence-electron chi connectivity index (χ2n) is 4.64. The highest BCUT2D eigenvalue weighted by atomic mass is 32.1. The molecule has 0 aliphatic heterocycles. The van der Waals surface area contributed by atoms with Gasteiger partial charge in [-0.1, -0.05) is 25.2 Å². The maximum Gasteiger partial charge on any atom is 0.352 e. The molecule has 2 aromatic heterocycles. The van der Waals surface area contributed by atoms with E-state index in [4.69, 9.17) is 0 Å². The number of imidazole rings is 1. The summed E-state index contributed by atoms with van der Waals surface area (Å²) in [6.45, 7) is 5.49. The molecule has 2 aromatic rings. The molecule has 98 valence electrons. The lowest BCUT2D eigenvalue weighted by atomic mass is 9.88. The molecule has 0 amide bonds. The summed E-state index contributed by atoms with van der Waals surface area (Å²) >= 11 is 1.35. The fourth-order valence-electron chi connectivity index (χ4n) is 2.30. The molecule has 1 N–H and O–H groups in total. The maximum absolute atomic E-state index is 11.2. The van der Waals surface area contributed by atoms with Gasteiger partial charge in [-0.3, -0.25) is 0 Å². The third-order valence-electron chi connectivity index (χ3n) is 2.99. The predicted octanol–water partition coefficient (Wildman–Crippen LogP) is 2.42. The van der Waals surface area contributed by atoms with E-state index in [9.17, 15) is 15.2 Å². The van der Waals surface area contributed by atoms with Gasteiger partial charge in [-0.25, -0.2) is 0 Å². The Bertz CT molecular complexity index is 565. The van der Waals surface area contributed by atoms with Crippen molar-refractivity contribution in [2.45, 2.75) is 32.8 Å². The van der Waals surface area contributed by atoms with Gasteiger partial charge in [0, 0.05) is 11.3 Å². The average Bonchev–Trinajstić information content (AvgIpc) is 2.74. The number of thiazole rings is 1. The van der Waals surface area contributed by atoms with Gasteiger partial charge in [0.05, 0.1) is 6.10 Å². The number of nitro groups is 1. The van der Waals surface area contributed by atoms with Crippen molar-refractivity contribution in [2.75, 3.05) is 0 Å². The minimum Gasteiger partial charge on any atom is -0.393 e. The van der Waals surface area contributed by atoms with Crippen LogP contribution in [-0.2, 0) is 0 Å². The minimum atomic E-state index is -0.673. The Morgan fingerprint density at radius 2 is 2.17 bits per heavy atom. The largest absolute Gasteiger partial charge is 0.393 e. The SMILES string of the molecule is CC(C)C(c1nc2sccn2c1[N+](=O)[O-])C(C)O. The van der Waals surface area contributed by atoms with Gasteiger partial charge in [0.1, 0.15) is 11.9 Å². The molecule has 0 fully saturated rings. The molecule has 2 rings (SSSR count). The lowest BCUT2D eigenvalue weighted by Gasteiger charge is -2.21. The molecule has 2 atom stereocenters. The van der Waals surface area contributed by atoms with E-state index in [-0.39, 0.29) is 17.7 Å². The van der Waals surface area contributed by atoms with Crippen LogP contribution in [0.1, 0.15) is 32.4 Å². The van der Waals surface area contributed by atoms with Gasteiger partial charge in [-0.15, -0.1) is 0 Å². The lowest BCUT2D eigenvalue weighted by molar-refractivity contribution is -0.391. The van der Waals surface area contributed by atoms with Crippen molar-refractivity contribution in [3.8, 4) is 0 Å². The first-order valence-electron chi connectivity index (χ1n) is 5.71.